The number of aliphatic imine (C=N–C) groups is 1. The molecule has 0 atom stereocenters. The minimum absolute atomic E-state index is 0.0334. The Balaban J connectivity index is 2.36. The Morgan fingerprint density at radius 1 is 1.29 bits per heavy atom. The van der Waals surface area contributed by atoms with E-state index in [1.165, 1.54) is 6.92 Å². The van der Waals surface area contributed by atoms with Crippen LogP contribution in [-0.2, 0) is 11.2 Å². The van der Waals surface area contributed by atoms with Crippen molar-refractivity contribution in [2.75, 3.05) is 26.2 Å². The van der Waals surface area contributed by atoms with Crippen molar-refractivity contribution in [3.8, 4) is 0 Å². The summed E-state index contributed by atoms with van der Waals surface area (Å²) in [7, 11) is 0. The minimum atomic E-state index is -0.0334. The molecule has 0 aromatic carbocycles. The lowest BCUT2D eigenvalue weighted by Gasteiger charge is -2.11. The topological polar surface area (TPSA) is 78.4 Å². The second-order valence-electron chi connectivity index (χ2n) is 4.41. The van der Waals surface area contributed by atoms with Crippen LogP contribution in [0.25, 0.3) is 0 Å². The fraction of sp³-hybridized carbons (Fsp3) is 0.500. The number of carbonyl (C=O) groups is 1. The molecule has 6 nitrogen and oxygen atoms in total. The lowest BCUT2D eigenvalue weighted by molar-refractivity contribution is -0.118. The van der Waals surface area contributed by atoms with Crippen LogP contribution in [0.1, 0.15) is 19.4 Å². The van der Waals surface area contributed by atoms with Crippen molar-refractivity contribution in [1.29, 1.82) is 0 Å². The molecule has 3 N–H and O–H groups in total. The van der Waals surface area contributed by atoms with Crippen LogP contribution in [-0.4, -0.2) is 43.0 Å². The van der Waals surface area contributed by atoms with Gasteiger partial charge in [0.15, 0.2) is 5.96 Å². The van der Waals surface area contributed by atoms with Crippen molar-refractivity contribution in [3.05, 3.63) is 29.0 Å². The molecule has 0 saturated carbocycles. The highest BCUT2D eigenvalue weighted by Gasteiger charge is 1.98. The molecule has 0 radical (unpaired) electrons. The molecule has 0 unspecified atom stereocenters. The molecule has 0 aliphatic carbocycles. The van der Waals surface area contributed by atoms with Gasteiger partial charge in [-0.25, -0.2) is 4.98 Å². The summed E-state index contributed by atoms with van der Waals surface area (Å²) < 4.78 is 0. The van der Waals surface area contributed by atoms with Gasteiger partial charge in [-0.3, -0.25) is 9.79 Å². The Kier molecular flexibility index (Phi) is 8.19. The Labute approximate surface area is 130 Å². The van der Waals surface area contributed by atoms with Crippen LogP contribution in [0.15, 0.2) is 23.3 Å². The summed E-state index contributed by atoms with van der Waals surface area (Å²) in [6, 6.07) is 3.72. The molecule has 0 fully saturated rings. The fourth-order valence-corrected chi connectivity index (χ4v) is 1.72. The molecule has 7 heteroatoms. The van der Waals surface area contributed by atoms with Crippen molar-refractivity contribution in [2.45, 2.75) is 20.3 Å². The van der Waals surface area contributed by atoms with Gasteiger partial charge in [-0.2, -0.15) is 0 Å². The number of aromatic nitrogens is 1. The summed E-state index contributed by atoms with van der Waals surface area (Å²) in [4.78, 5) is 19.3. The predicted octanol–water partition coefficient (Wildman–Crippen LogP) is 0.969. The minimum Gasteiger partial charge on any atom is -0.357 e. The largest absolute Gasteiger partial charge is 0.357 e. The van der Waals surface area contributed by atoms with Crippen LogP contribution >= 0.6 is 11.6 Å². The SMILES string of the molecule is CCNC(=NCCc1ccc(Cl)nc1)NCCNC(C)=O. The van der Waals surface area contributed by atoms with E-state index < -0.39 is 0 Å². The Bertz CT molecular complexity index is 461. The maximum absolute atomic E-state index is 10.8. The van der Waals surface area contributed by atoms with Crippen molar-refractivity contribution >= 4 is 23.5 Å². The summed E-state index contributed by atoms with van der Waals surface area (Å²) in [6.07, 6.45) is 2.56. The zero-order valence-electron chi connectivity index (χ0n) is 12.4. The van der Waals surface area contributed by atoms with Gasteiger partial charge in [-0.05, 0) is 25.0 Å². The third kappa shape index (κ3) is 8.14. The third-order valence-corrected chi connectivity index (χ3v) is 2.82. The van der Waals surface area contributed by atoms with Crippen LogP contribution in [0.2, 0.25) is 5.15 Å². The molecule has 0 saturated heterocycles. The first-order chi connectivity index (χ1) is 10.1. The van der Waals surface area contributed by atoms with Crippen LogP contribution < -0.4 is 16.0 Å². The number of carbonyl (C=O) groups excluding carboxylic acids is 1. The highest BCUT2D eigenvalue weighted by atomic mass is 35.5. The molecule has 1 heterocycles. The van der Waals surface area contributed by atoms with Crippen molar-refractivity contribution in [2.24, 2.45) is 4.99 Å². The number of rotatable bonds is 7. The molecule has 1 amide bonds. The first kappa shape index (κ1) is 17.2. The van der Waals surface area contributed by atoms with E-state index in [-0.39, 0.29) is 5.91 Å². The van der Waals surface area contributed by atoms with Gasteiger partial charge in [-0.15, -0.1) is 0 Å². The Morgan fingerprint density at radius 2 is 2.05 bits per heavy atom. The number of hydrogen-bond donors (Lipinski definition) is 3. The van der Waals surface area contributed by atoms with Crippen LogP contribution in [0.3, 0.4) is 0 Å². The maximum atomic E-state index is 10.8. The van der Waals surface area contributed by atoms with E-state index in [1.54, 1.807) is 12.3 Å². The number of halogens is 1. The van der Waals surface area contributed by atoms with Crippen LogP contribution in [0.4, 0.5) is 0 Å². The monoisotopic (exact) mass is 311 g/mol. The second kappa shape index (κ2) is 9.99. The lowest BCUT2D eigenvalue weighted by Crippen LogP contribution is -2.41. The molecule has 1 aromatic heterocycles. The first-order valence-electron chi connectivity index (χ1n) is 6.99. The molecule has 0 bridgehead atoms. The summed E-state index contributed by atoms with van der Waals surface area (Å²) in [5.74, 6) is 0.707. The van der Waals surface area contributed by atoms with E-state index in [0.29, 0.717) is 24.8 Å². The highest BCUT2D eigenvalue weighted by molar-refractivity contribution is 6.29. The summed E-state index contributed by atoms with van der Waals surface area (Å²) >= 11 is 5.74. The third-order valence-electron chi connectivity index (χ3n) is 2.59. The molecule has 0 aliphatic heterocycles. The molecular formula is C14H22ClN5O. The Hall–Kier alpha value is -1.82. The van der Waals surface area contributed by atoms with E-state index in [0.717, 1.165) is 24.5 Å². The van der Waals surface area contributed by atoms with Gasteiger partial charge < -0.3 is 16.0 Å². The first-order valence-corrected chi connectivity index (χ1v) is 7.36. The second-order valence-corrected chi connectivity index (χ2v) is 4.80. The average Bonchev–Trinajstić information content (AvgIpc) is 2.45. The number of nitrogens with zero attached hydrogens (tertiary/aromatic N) is 2. The predicted molar refractivity (Wildman–Crippen MR) is 85.6 cm³/mol. The van der Waals surface area contributed by atoms with E-state index in [4.69, 9.17) is 11.6 Å². The molecule has 0 spiro atoms. The maximum Gasteiger partial charge on any atom is 0.216 e. The van der Waals surface area contributed by atoms with E-state index in [1.807, 2.05) is 13.0 Å². The van der Waals surface area contributed by atoms with Gasteiger partial charge in [-0.1, -0.05) is 17.7 Å². The number of guanidine groups is 1. The zero-order valence-corrected chi connectivity index (χ0v) is 13.2. The number of hydrogen-bond acceptors (Lipinski definition) is 3. The van der Waals surface area contributed by atoms with Crippen molar-refractivity contribution < 1.29 is 4.79 Å². The standard InChI is InChI=1S/C14H22ClN5O/c1-3-16-14(19-9-8-17-11(2)21)18-7-6-12-4-5-13(15)20-10-12/h4-5,10H,3,6-9H2,1-2H3,(H,17,21)(H2,16,18,19). The smallest absolute Gasteiger partial charge is 0.216 e. The van der Waals surface area contributed by atoms with E-state index in [9.17, 15) is 4.79 Å². The van der Waals surface area contributed by atoms with Crippen LogP contribution in [0, 0.1) is 0 Å². The van der Waals surface area contributed by atoms with Gasteiger partial charge in [0.05, 0.1) is 0 Å². The van der Waals surface area contributed by atoms with Gasteiger partial charge in [0, 0.05) is 39.3 Å². The summed E-state index contributed by atoms with van der Waals surface area (Å²) in [5, 5.41) is 9.54. The van der Waals surface area contributed by atoms with E-state index in [2.05, 4.69) is 25.9 Å². The zero-order chi connectivity index (χ0) is 15.5. The van der Waals surface area contributed by atoms with E-state index >= 15 is 0 Å². The molecule has 1 aromatic rings. The molecular weight excluding hydrogens is 290 g/mol. The summed E-state index contributed by atoms with van der Waals surface area (Å²) in [5.41, 5.74) is 1.09. The Morgan fingerprint density at radius 3 is 2.67 bits per heavy atom. The fourth-order valence-electron chi connectivity index (χ4n) is 1.61. The van der Waals surface area contributed by atoms with Crippen molar-refractivity contribution in [3.63, 3.8) is 0 Å². The lowest BCUT2D eigenvalue weighted by atomic mass is 10.2. The summed E-state index contributed by atoms with van der Waals surface area (Å²) in [6.45, 7) is 6.15. The number of pyridine rings is 1. The average molecular weight is 312 g/mol. The molecule has 21 heavy (non-hydrogen) atoms. The quantitative estimate of drug-likeness (QED) is 0.303. The molecule has 116 valence electrons. The van der Waals surface area contributed by atoms with Gasteiger partial charge in [0.25, 0.3) is 0 Å². The van der Waals surface area contributed by atoms with Crippen molar-refractivity contribution in [1.82, 2.24) is 20.9 Å². The van der Waals surface area contributed by atoms with Gasteiger partial charge in [0.2, 0.25) is 5.91 Å². The molecule has 1 rings (SSSR count). The van der Waals surface area contributed by atoms with Gasteiger partial charge in [0.1, 0.15) is 5.15 Å². The van der Waals surface area contributed by atoms with Gasteiger partial charge >= 0.3 is 0 Å². The van der Waals surface area contributed by atoms with Crippen LogP contribution in [0.5, 0.6) is 0 Å². The number of nitrogens with one attached hydrogen (secondary N) is 3. The normalized spacial score (nSPS) is 11.1. The molecule has 0 aliphatic rings. The number of amides is 1. The highest BCUT2D eigenvalue weighted by Crippen LogP contribution is 2.05.